The number of likely N-dealkylation sites (N-methyl/N-ethyl adjacent to an activating group) is 1. The molecule has 1 aromatic rings. The first-order valence-corrected chi connectivity index (χ1v) is 10.9. The minimum atomic E-state index is 0. The Morgan fingerprint density at radius 3 is 2.52 bits per heavy atom. The Hall–Kier alpha value is -1.12. The first-order chi connectivity index (χ1) is 13.7. The summed E-state index contributed by atoms with van der Waals surface area (Å²) in [5.74, 6) is 1.06. The molecule has 29 heavy (non-hydrogen) atoms. The summed E-state index contributed by atoms with van der Waals surface area (Å²) in [6.07, 6.45) is 7.06. The van der Waals surface area contributed by atoms with Gasteiger partial charge in [-0.25, -0.2) is 0 Å². The summed E-state index contributed by atoms with van der Waals surface area (Å²) in [4.78, 5) is 12.0. The van der Waals surface area contributed by atoms with Gasteiger partial charge in [0.2, 0.25) is 0 Å². The first-order valence-electron chi connectivity index (χ1n) is 10.9. The van der Waals surface area contributed by atoms with Gasteiger partial charge in [0, 0.05) is 39.8 Å². The maximum absolute atomic E-state index is 4.52. The van der Waals surface area contributed by atoms with Crippen LogP contribution in [0.4, 0.5) is 0 Å². The van der Waals surface area contributed by atoms with E-state index in [0.29, 0.717) is 0 Å². The molecule has 3 rings (SSSR count). The van der Waals surface area contributed by atoms with E-state index in [1.165, 1.54) is 51.1 Å². The number of guanidine groups is 1. The maximum Gasteiger partial charge on any atom is 0.193 e. The third kappa shape index (κ3) is 8.26. The lowest BCUT2D eigenvalue weighted by Crippen LogP contribution is -2.45. The molecule has 0 spiro atoms. The molecule has 0 amide bonds. The summed E-state index contributed by atoms with van der Waals surface area (Å²) < 4.78 is 0. The van der Waals surface area contributed by atoms with Gasteiger partial charge in [-0.1, -0.05) is 42.0 Å². The van der Waals surface area contributed by atoms with Crippen molar-refractivity contribution in [2.24, 2.45) is 4.99 Å². The maximum atomic E-state index is 4.52. The molecule has 2 heterocycles. The molecule has 162 valence electrons. The second-order valence-electron chi connectivity index (χ2n) is 8.03. The van der Waals surface area contributed by atoms with E-state index in [1.54, 1.807) is 5.57 Å². The van der Waals surface area contributed by atoms with Crippen LogP contribution in [0.15, 0.2) is 40.9 Å². The third-order valence-electron chi connectivity index (χ3n) is 5.83. The number of rotatable bonds is 5. The summed E-state index contributed by atoms with van der Waals surface area (Å²) in [7, 11) is 4.14. The SMILES string of the molecule is CN=C(NCCCN1CCCN(C)CC1)N1CCC(=Cc2ccccc2)CC1.I. The monoisotopic (exact) mass is 511 g/mol. The van der Waals surface area contributed by atoms with Gasteiger partial charge in [-0.3, -0.25) is 4.99 Å². The second kappa shape index (κ2) is 13.2. The van der Waals surface area contributed by atoms with Crippen LogP contribution >= 0.6 is 24.0 Å². The van der Waals surface area contributed by atoms with E-state index in [1.807, 2.05) is 7.05 Å². The van der Waals surface area contributed by atoms with Crippen LogP contribution in [0.2, 0.25) is 0 Å². The molecule has 1 N–H and O–H groups in total. The summed E-state index contributed by atoms with van der Waals surface area (Å²) in [6, 6.07) is 10.7. The summed E-state index contributed by atoms with van der Waals surface area (Å²) in [6.45, 7) is 9.16. The van der Waals surface area contributed by atoms with E-state index >= 15 is 0 Å². The van der Waals surface area contributed by atoms with Crippen LogP contribution in [0.1, 0.15) is 31.2 Å². The number of piperidine rings is 1. The topological polar surface area (TPSA) is 34.1 Å². The summed E-state index contributed by atoms with van der Waals surface area (Å²) in [5.41, 5.74) is 2.86. The van der Waals surface area contributed by atoms with Crippen LogP contribution in [-0.2, 0) is 0 Å². The molecule has 0 aliphatic carbocycles. The average molecular weight is 511 g/mol. The minimum Gasteiger partial charge on any atom is -0.356 e. The van der Waals surface area contributed by atoms with Gasteiger partial charge in [0.15, 0.2) is 5.96 Å². The van der Waals surface area contributed by atoms with E-state index in [2.05, 4.69) is 68.5 Å². The first kappa shape index (κ1) is 24.2. The van der Waals surface area contributed by atoms with E-state index in [4.69, 9.17) is 0 Å². The highest BCUT2D eigenvalue weighted by Gasteiger charge is 2.17. The van der Waals surface area contributed by atoms with Gasteiger partial charge in [-0.2, -0.15) is 0 Å². The molecule has 2 aliphatic rings. The predicted molar refractivity (Wildman–Crippen MR) is 135 cm³/mol. The fourth-order valence-electron chi connectivity index (χ4n) is 4.09. The van der Waals surface area contributed by atoms with Crippen LogP contribution in [-0.4, -0.2) is 87.1 Å². The van der Waals surface area contributed by atoms with Gasteiger partial charge >= 0.3 is 0 Å². The Morgan fingerprint density at radius 1 is 1.03 bits per heavy atom. The highest BCUT2D eigenvalue weighted by Crippen LogP contribution is 2.19. The van der Waals surface area contributed by atoms with Gasteiger partial charge in [0.05, 0.1) is 0 Å². The Bertz CT molecular complexity index is 636. The van der Waals surface area contributed by atoms with Gasteiger partial charge in [0.1, 0.15) is 0 Å². The quantitative estimate of drug-likeness (QED) is 0.285. The molecule has 6 heteroatoms. The van der Waals surface area contributed by atoms with Crippen molar-refractivity contribution in [1.29, 1.82) is 0 Å². The molecular formula is C23H38IN5. The Labute approximate surface area is 194 Å². The number of nitrogens with one attached hydrogen (secondary N) is 1. The van der Waals surface area contributed by atoms with Crippen molar-refractivity contribution >= 4 is 36.0 Å². The Balaban J connectivity index is 0.00000300. The van der Waals surface area contributed by atoms with Crippen LogP contribution in [0, 0.1) is 0 Å². The molecular weight excluding hydrogens is 473 g/mol. The number of halogens is 1. The molecule has 2 fully saturated rings. The highest BCUT2D eigenvalue weighted by molar-refractivity contribution is 14.0. The zero-order valence-corrected chi connectivity index (χ0v) is 20.5. The van der Waals surface area contributed by atoms with Crippen molar-refractivity contribution in [2.45, 2.75) is 25.7 Å². The number of hydrogen-bond donors (Lipinski definition) is 1. The number of likely N-dealkylation sites (tertiary alicyclic amines) is 1. The smallest absolute Gasteiger partial charge is 0.193 e. The van der Waals surface area contributed by atoms with Crippen molar-refractivity contribution in [2.75, 3.05) is 66.5 Å². The molecule has 2 saturated heterocycles. The Morgan fingerprint density at radius 2 is 1.79 bits per heavy atom. The normalized spacial score (nSPS) is 19.4. The molecule has 0 atom stereocenters. The Kier molecular flexibility index (Phi) is 11.0. The van der Waals surface area contributed by atoms with Crippen LogP contribution in [0.5, 0.6) is 0 Å². The molecule has 0 aromatic heterocycles. The van der Waals surface area contributed by atoms with Crippen LogP contribution in [0.3, 0.4) is 0 Å². The lowest BCUT2D eigenvalue weighted by Gasteiger charge is -2.31. The number of hydrogen-bond acceptors (Lipinski definition) is 3. The molecule has 2 aliphatic heterocycles. The molecule has 1 aromatic carbocycles. The van der Waals surface area contributed by atoms with Gasteiger partial charge in [-0.15, -0.1) is 24.0 Å². The molecule has 5 nitrogen and oxygen atoms in total. The second-order valence-corrected chi connectivity index (χ2v) is 8.03. The largest absolute Gasteiger partial charge is 0.356 e. The van der Waals surface area contributed by atoms with Crippen molar-refractivity contribution in [3.8, 4) is 0 Å². The standard InChI is InChI=1S/C23H37N5.HI/c1-24-23(25-12-6-14-27-15-7-13-26(2)18-19-27)28-16-10-22(11-17-28)20-21-8-4-3-5-9-21;/h3-5,8-9,20H,6-7,10-19H2,1-2H3,(H,24,25);1H. The molecule has 0 bridgehead atoms. The van der Waals surface area contributed by atoms with Gasteiger partial charge < -0.3 is 20.0 Å². The summed E-state index contributed by atoms with van der Waals surface area (Å²) in [5, 5.41) is 3.59. The van der Waals surface area contributed by atoms with Gasteiger partial charge in [0.25, 0.3) is 0 Å². The zero-order valence-electron chi connectivity index (χ0n) is 18.1. The fraction of sp³-hybridized carbons (Fsp3) is 0.609. The number of aliphatic imine (C=N–C) groups is 1. The minimum absolute atomic E-state index is 0. The van der Waals surface area contributed by atoms with Crippen molar-refractivity contribution in [3.05, 3.63) is 41.5 Å². The average Bonchev–Trinajstić information content (AvgIpc) is 2.94. The summed E-state index contributed by atoms with van der Waals surface area (Å²) >= 11 is 0. The van der Waals surface area contributed by atoms with Crippen LogP contribution < -0.4 is 5.32 Å². The highest BCUT2D eigenvalue weighted by atomic mass is 127. The molecule has 0 saturated carbocycles. The number of benzene rings is 1. The van der Waals surface area contributed by atoms with Crippen molar-refractivity contribution < 1.29 is 0 Å². The van der Waals surface area contributed by atoms with E-state index < -0.39 is 0 Å². The lowest BCUT2D eigenvalue weighted by molar-refractivity contribution is 0.273. The lowest BCUT2D eigenvalue weighted by atomic mass is 10.0. The van der Waals surface area contributed by atoms with Crippen molar-refractivity contribution in [1.82, 2.24) is 20.0 Å². The van der Waals surface area contributed by atoms with Gasteiger partial charge in [-0.05, 0) is 57.9 Å². The predicted octanol–water partition coefficient (Wildman–Crippen LogP) is 3.39. The zero-order chi connectivity index (χ0) is 19.6. The fourth-order valence-corrected chi connectivity index (χ4v) is 4.09. The van der Waals surface area contributed by atoms with E-state index in [-0.39, 0.29) is 24.0 Å². The molecule has 0 radical (unpaired) electrons. The molecule has 0 unspecified atom stereocenters. The van der Waals surface area contributed by atoms with E-state index in [0.717, 1.165) is 38.4 Å². The van der Waals surface area contributed by atoms with E-state index in [9.17, 15) is 0 Å². The number of nitrogens with zero attached hydrogens (tertiary/aromatic N) is 4. The third-order valence-corrected chi connectivity index (χ3v) is 5.83. The van der Waals surface area contributed by atoms with Crippen molar-refractivity contribution in [3.63, 3.8) is 0 Å². The van der Waals surface area contributed by atoms with Crippen LogP contribution in [0.25, 0.3) is 6.08 Å².